The normalized spacial score (nSPS) is 19.9. The van der Waals surface area contributed by atoms with Gasteiger partial charge in [-0.3, -0.25) is 4.99 Å². The Kier molecular flexibility index (Phi) is 1.96. The van der Waals surface area contributed by atoms with Crippen LogP contribution in [0.2, 0.25) is 0 Å². The van der Waals surface area contributed by atoms with Crippen LogP contribution in [0, 0.1) is 0 Å². The van der Waals surface area contributed by atoms with E-state index in [4.69, 9.17) is 0 Å². The Labute approximate surface area is 94.0 Å². The molecule has 0 bridgehead atoms. The van der Waals surface area contributed by atoms with Crippen LogP contribution < -0.4 is 5.32 Å². The van der Waals surface area contributed by atoms with Crippen LogP contribution in [0.1, 0.15) is 12.7 Å². The van der Waals surface area contributed by atoms with Gasteiger partial charge in [0.1, 0.15) is 0 Å². The van der Waals surface area contributed by atoms with Crippen molar-refractivity contribution in [3.8, 4) is 0 Å². The molecule has 1 aromatic carbocycles. The molecule has 82 valence electrons. The monoisotopic (exact) mass is 214 g/mol. The van der Waals surface area contributed by atoms with Crippen molar-refractivity contribution in [1.29, 1.82) is 0 Å². The zero-order valence-corrected chi connectivity index (χ0v) is 9.44. The number of imidazole rings is 1. The maximum absolute atomic E-state index is 4.60. The first-order valence-electron chi connectivity index (χ1n) is 5.48. The summed E-state index contributed by atoms with van der Waals surface area (Å²) < 4.78 is 2.08. The minimum atomic E-state index is 0.412. The Balaban J connectivity index is 2.14. The Morgan fingerprint density at radius 1 is 1.38 bits per heavy atom. The number of aryl methyl sites for hydroxylation is 1. The highest BCUT2D eigenvalue weighted by Gasteiger charge is 2.19. The number of fused-ring (bicyclic) bond motifs is 1. The zero-order valence-electron chi connectivity index (χ0n) is 9.44. The number of para-hydroxylation sites is 2. The summed E-state index contributed by atoms with van der Waals surface area (Å²) in [5.41, 5.74) is 2.16. The van der Waals surface area contributed by atoms with Crippen molar-refractivity contribution < 1.29 is 0 Å². The standard InChI is InChI=1S/C12H14N4/c1-8-7-13-11(14-8)12-15-9-5-3-4-6-10(9)16(12)2/h3-6,8H,7H2,1-2H3,(H,13,14). The Morgan fingerprint density at radius 2 is 2.19 bits per heavy atom. The van der Waals surface area contributed by atoms with E-state index in [2.05, 4.69) is 32.9 Å². The molecule has 0 fully saturated rings. The van der Waals surface area contributed by atoms with Crippen molar-refractivity contribution in [1.82, 2.24) is 14.9 Å². The predicted octanol–water partition coefficient (Wildman–Crippen LogP) is 1.31. The molecule has 1 unspecified atom stereocenters. The third-order valence-corrected chi connectivity index (χ3v) is 2.91. The van der Waals surface area contributed by atoms with Gasteiger partial charge in [-0.15, -0.1) is 0 Å². The maximum atomic E-state index is 4.60. The van der Waals surface area contributed by atoms with Gasteiger partial charge in [0.2, 0.25) is 0 Å². The fourth-order valence-corrected chi connectivity index (χ4v) is 2.05. The number of aliphatic imine (C=N–C) groups is 1. The summed E-state index contributed by atoms with van der Waals surface area (Å²) in [6.07, 6.45) is 0. The number of benzene rings is 1. The van der Waals surface area contributed by atoms with Gasteiger partial charge in [0.15, 0.2) is 11.7 Å². The highest BCUT2D eigenvalue weighted by atomic mass is 15.2. The van der Waals surface area contributed by atoms with Crippen molar-refractivity contribution in [2.75, 3.05) is 6.54 Å². The third-order valence-electron chi connectivity index (χ3n) is 2.91. The van der Waals surface area contributed by atoms with E-state index in [0.29, 0.717) is 6.04 Å². The number of amidine groups is 1. The first-order valence-corrected chi connectivity index (χ1v) is 5.48. The molecular formula is C12H14N4. The molecule has 3 rings (SSSR count). The number of hydrogen-bond acceptors (Lipinski definition) is 3. The van der Waals surface area contributed by atoms with Crippen molar-refractivity contribution in [2.45, 2.75) is 13.0 Å². The molecule has 1 aromatic heterocycles. The summed E-state index contributed by atoms with van der Waals surface area (Å²) in [5, 5.41) is 3.34. The minimum Gasteiger partial charge on any atom is -0.363 e. The van der Waals surface area contributed by atoms with E-state index < -0.39 is 0 Å². The highest BCUT2D eigenvalue weighted by molar-refractivity contribution is 5.99. The largest absolute Gasteiger partial charge is 0.363 e. The quantitative estimate of drug-likeness (QED) is 0.777. The smallest absolute Gasteiger partial charge is 0.176 e. The van der Waals surface area contributed by atoms with Crippen LogP contribution in [0.5, 0.6) is 0 Å². The summed E-state index contributed by atoms with van der Waals surface area (Å²) in [4.78, 5) is 9.06. The molecule has 1 aliphatic rings. The Morgan fingerprint density at radius 3 is 2.88 bits per heavy atom. The number of nitrogens with one attached hydrogen (secondary N) is 1. The van der Waals surface area contributed by atoms with Gasteiger partial charge in [0, 0.05) is 13.1 Å². The Bertz CT molecular complexity index is 567. The molecule has 2 aromatic rings. The minimum absolute atomic E-state index is 0.412. The molecule has 16 heavy (non-hydrogen) atoms. The molecule has 4 heteroatoms. The van der Waals surface area contributed by atoms with Gasteiger partial charge in [0.05, 0.1) is 17.6 Å². The van der Waals surface area contributed by atoms with Gasteiger partial charge in [-0.25, -0.2) is 4.98 Å². The van der Waals surface area contributed by atoms with Crippen LogP contribution in [0.15, 0.2) is 29.3 Å². The average molecular weight is 214 g/mol. The van der Waals surface area contributed by atoms with Gasteiger partial charge >= 0.3 is 0 Å². The number of aromatic nitrogens is 2. The van der Waals surface area contributed by atoms with Gasteiger partial charge in [-0.2, -0.15) is 0 Å². The van der Waals surface area contributed by atoms with E-state index in [-0.39, 0.29) is 0 Å². The van der Waals surface area contributed by atoms with Crippen LogP contribution in [0.4, 0.5) is 0 Å². The van der Waals surface area contributed by atoms with E-state index in [1.54, 1.807) is 0 Å². The lowest BCUT2D eigenvalue weighted by molar-refractivity contribution is 0.723. The SMILES string of the molecule is CC1CN=C(c2nc3ccccc3n2C)N1. The lowest BCUT2D eigenvalue weighted by Gasteiger charge is -2.05. The number of rotatable bonds is 1. The molecule has 2 heterocycles. The fourth-order valence-electron chi connectivity index (χ4n) is 2.05. The summed E-state index contributed by atoms with van der Waals surface area (Å²) in [6, 6.07) is 8.55. The summed E-state index contributed by atoms with van der Waals surface area (Å²) in [6.45, 7) is 2.96. The topological polar surface area (TPSA) is 42.2 Å². The van der Waals surface area contributed by atoms with Crippen LogP contribution >= 0.6 is 0 Å². The van der Waals surface area contributed by atoms with E-state index >= 15 is 0 Å². The fraction of sp³-hybridized carbons (Fsp3) is 0.333. The number of hydrogen-bond donors (Lipinski definition) is 1. The lowest BCUT2D eigenvalue weighted by atomic mass is 10.3. The van der Waals surface area contributed by atoms with Crippen LogP contribution in [-0.4, -0.2) is 28.0 Å². The second-order valence-corrected chi connectivity index (χ2v) is 4.22. The first kappa shape index (κ1) is 9.39. The van der Waals surface area contributed by atoms with E-state index in [1.807, 2.05) is 25.2 Å². The van der Waals surface area contributed by atoms with Crippen molar-refractivity contribution in [3.05, 3.63) is 30.1 Å². The lowest BCUT2D eigenvalue weighted by Crippen LogP contribution is -2.29. The molecular weight excluding hydrogens is 200 g/mol. The summed E-state index contributed by atoms with van der Waals surface area (Å²) >= 11 is 0. The van der Waals surface area contributed by atoms with Gasteiger partial charge in [-0.05, 0) is 19.1 Å². The zero-order chi connectivity index (χ0) is 11.1. The molecule has 0 aliphatic carbocycles. The number of nitrogens with zero attached hydrogens (tertiary/aromatic N) is 3. The van der Waals surface area contributed by atoms with Crippen LogP contribution in [0.3, 0.4) is 0 Å². The maximum Gasteiger partial charge on any atom is 0.176 e. The second kappa shape index (κ2) is 3.33. The molecule has 0 saturated heterocycles. The molecule has 4 nitrogen and oxygen atoms in total. The van der Waals surface area contributed by atoms with Gasteiger partial charge in [0.25, 0.3) is 0 Å². The van der Waals surface area contributed by atoms with Crippen molar-refractivity contribution >= 4 is 16.9 Å². The molecule has 1 N–H and O–H groups in total. The van der Waals surface area contributed by atoms with Gasteiger partial charge in [-0.1, -0.05) is 12.1 Å². The molecule has 1 aliphatic heterocycles. The average Bonchev–Trinajstić information content (AvgIpc) is 2.84. The Hall–Kier alpha value is -1.84. The molecule has 0 radical (unpaired) electrons. The third kappa shape index (κ3) is 1.30. The molecule has 0 spiro atoms. The second-order valence-electron chi connectivity index (χ2n) is 4.22. The van der Waals surface area contributed by atoms with Gasteiger partial charge < -0.3 is 9.88 Å². The van der Waals surface area contributed by atoms with E-state index in [0.717, 1.165) is 29.2 Å². The summed E-state index contributed by atoms with van der Waals surface area (Å²) in [7, 11) is 2.03. The molecule has 0 saturated carbocycles. The molecule has 1 atom stereocenters. The van der Waals surface area contributed by atoms with Crippen LogP contribution in [0.25, 0.3) is 11.0 Å². The van der Waals surface area contributed by atoms with E-state index in [1.165, 1.54) is 0 Å². The van der Waals surface area contributed by atoms with E-state index in [9.17, 15) is 0 Å². The highest BCUT2D eigenvalue weighted by Crippen LogP contribution is 2.15. The van der Waals surface area contributed by atoms with Crippen molar-refractivity contribution in [2.24, 2.45) is 12.0 Å². The van der Waals surface area contributed by atoms with Crippen molar-refractivity contribution in [3.63, 3.8) is 0 Å². The molecule has 0 amide bonds. The summed E-state index contributed by atoms with van der Waals surface area (Å²) in [5.74, 6) is 1.83. The van der Waals surface area contributed by atoms with Crippen LogP contribution in [-0.2, 0) is 7.05 Å². The predicted molar refractivity (Wildman–Crippen MR) is 64.7 cm³/mol. The first-order chi connectivity index (χ1) is 7.75.